The average Bonchev–Trinajstić information content (AvgIpc) is 4.00. The van der Waals surface area contributed by atoms with E-state index in [4.69, 9.17) is 23.8 Å². The summed E-state index contributed by atoms with van der Waals surface area (Å²) in [6.45, 7) is 0. The number of aromatic nitrogens is 4. The van der Waals surface area contributed by atoms with Gasteiger partial charge in [0.25, 0.3) is 0 Å². The second-order valence-corrected chi connectivity index (χ2v) is 15.6. The van der Waals surface area contributed by atoms with Crippen LogP contribution in [0.5, 0.6) is 0 Å². The molecule has 0 radical (unpaired) electrons. The molecule has 0 amide bonds. The smallest absolute Gasteiger partial charge is 0.238 e. The predicted octanol–water partition coefficient (Wildman–Crippen LogP) is 14.6. The molecule has 0 unspecified atom stereocenters. The lowest BCUT2D eigenvalue weighted by molar-refractivity contribution is 0.669. The van der Waals surface area contributed by atoms with Crippen LogP contribution in [0, 0.1) is 0 Å². The van der Waals surface area contributed by atoms with E-state index < -0.39 is 0 Å². The second kappa shape index (κ2) is 13.1. The Morgan fingerprint density at radius 1 is 0.344 bits per heavy atom. The highest BCUT2D eigenvalue weighted by molar-refractivity contribution is 6.17. The number of hydrogen-bond acceptors (Lipinski definition) is 5. The third-order valence-electron chi connectivity index (χ3n) is 12.0. The molecule has 0 atom stereocenters. The van der Waals surface area contributed by atoms with Gasteiger partial charge in [0.1, 0.15) is 22.3 Å². The maximum atomic E-state index is 6.51. The van der Waals surface area contributed by atoms with Crippen molar-refractivity contribution in [2.75, 3.05) is 0 Å². The molecule has 0 N–H and O–H groups in total. The molecule has 0 spiro atoms. The molecule has 13 rings (SSSR count). The van der Waals surface area contributed by atoms with Gasteiger partial charge in [0.15, 0.2) is 11.6 Å². The summed E-state index contributed by atoms with van der Waals surface area (Å²) in [5.41, 5.74) is 11.4. The first-order chi connectivity index (χ1) is 30.2. The van der Waals surface area contributed by atoms with Gasteiger partial charge >= 0.3 is 0 Å². The van der Waals surface area contributed by atoms with E-state index in [0.29, 0.717) is 17.6 Å². The van der Waals surface area contributed by atoms with Crippen molar-refractivity contribution in [3.8, 4) is 51.0 Å². The number of fused-ring (bicyclic) bond motifs is 10. The molecule has 0 aliphatic rings. The summed E-state index contributed by atoms with van der Waals surface area (Å²) in [6, 6.07) is 67.5. The fourth-order valence-corrected chi connectivity index (χ4v) is 9.20. The number of hydrogen-bond donors (Lipinski definition) is 0. The maximum Gasteiger partial charge on any atom is 0.238 e. The van der Waals surface area contributed by atoms with Gasteiger partial charge in [-0.1, -0.05) is 152 Å². The molecule has 0 aliphatic carbocycles. The quantitative estimate of drug-likeness (QED) is 0.174. The molecule has 0 saturated heterocycles. The van der Waals surface area contributed by atoms with Crippen LogP contribution in [0.15, 0.2) is 203 Å². The molecule has 0 bridgehead atoms. The first kappa shape index (κ1) is 33.6. The van der Waals surface area contributed by atoms with Gasteiger partial charge in [0, 0.05) is 54.6 Å². The number of benzene rings is 9. The van der Waals surface area contributed by atoms with Crippen molar-refractivity contribution in [3.05, 3.63) is 194 Å². The molecule has 61 heavy (non-hydrogen) atoms. The highest BCUT2D eigenvalue weighted by Crippen LogP contribution is 2.42. The van der Waals surface area contributed by atoms with Crippen LogP contribution in [0.25, 0.3) is 127 Å². The lowest BCUT2D eigenvalue weighted by Gasteiger charge is -2.14. The van der Waals surface area contributed by atoms with E-state index in [0.717, 1.165) is 104 Å². The largest absolute Gasteiger partial charge is 0.456 e. The van der Waals surface area contributed by atoms with Crippen LogP contribution in [0.3, 0.4) is 0 Å². The third-order valence-corrected chi connectivity index (χ3v) is 12.0. The van der Waals surface area contributed by atoms with Gasteiger partial charge in [-0.15, -0.1) is 0 Å². The Morgan fingerprint density at radius 3 is 1.75 bits per heavy atom. The van der Waals surface area contributed by atoms with Gasteiger partial charge in [-0.2, -0.15) is 9.97 Å². The van der Waals surface area contributed by atoms with E-state index >= 15 is 0 Å². The predicted molar refractivity (Wildman–Crippen MR) is 248 cm³/mol. The molecule has 4 aromatic heterocycles. The van der Waals surface area contributed by atoms with Crippen LogP contribution in [-0.4, -0.2) is 19.5 Å². The molecule has 284 valence electrons. The minimum atomic E-state index is 0.527. The minimum Gasteiger partial charge on any atom is -0.456 e. The molecule has 0 saturated carbocycles. The van der Waals surface area contributed by atoms with Gasteiger partial charge in [0.2, 0.25) is 5.95 Å². The number of rotatable bonds is 5. The Balaban J connectivity index is 1.08. The summed E-state index contributed by atoms with van der Waals surface area (Å²) in [5.74, 6) is 1.67. The van der Waals surface area contributed by atoms with Crippen molar-refractivity contribution in [2.24, 2.45) is 0 Å². The lowest BCUT2D eigenvalue weighted by Crippen LogP contribution is -2.07. The summed E-state index contributed by atoms with van der Waals surface area (Å²) in [4.78, 5) is 15.8. The first-order valence-corrected chi connectivity index (χ1v) is 20.4. The van der Waals surface area contributed by atoms with Crippen molar-refractivity contribution in [2.45, 2.75) is 0 Å². The number of para-hydroxylation sites is 4. The molecule has 6 heteroatoms. The molecule has 6 nitrogen and oxygen atoms in total. The van der Waals surface area contributed by atoms with Crippen molar-refractivity contribution >= 4 is 76.5 Å². The summed E-state index contributed by atoms with van der Waals surface area (Å²) in [7, 11) is 0. The normalized spacial score (nSPS) is 11.9. The summed E-state index contributed by atoms with van der Waals surface area (Å²) < 4.78 is 15.1. The Bertz CT molecular complexity index is 3900. The van der Waals surface area contributed by atoms with Crippen LogP contribution >= 0.6 is 0 Å². The SMILES string of the molecule is c1ccc(-c2nc(-c3ccc4c(c3)oc3ccccc34)nc(-n3c4cc5ccccc5cc4c4cccc(-c5cccc(-c6cccc7c6oc6ccccc67)c5)c43)n2)cc1. The topological polar surface area (TPSA) is 69.9 Å². The van der Waals surface area contributed by atoms with Crippen molar-refractivity contribution < 1.29 is 8.83 Å². The molecule has 4 heterocycles. The zero-order chi connectivity index (χ0) is 40.0. The van der Waals surface area contributed by atoms with E-state index in [1.165, 1.54) is 5.39 Å². The van der Waals surface area contributed by atoms with E-state index in [1.54, 1.807) is 0 Å². The summed E-state index contributed by atoms with van der Waals surface area (Å²) in [6.07, 6.45) is 0. The van der Waals surface area contributed by atoms with E-state index in [1.807, 2.05) is 66.7 Å². The van der Waals surface area contributed by atoms with E-state index in [9.17, 15) is 0 Å². The molecule has 13 aromatic rings. The zero-order valence-corrected chi connectivity index (χ0v) is 32.6. The van der Waals surface area contributed by atoms with Crippen LogP contribution in [0.4, 0.5) is 0 Å². The lowest BCUT2D eigenvalue weighted by atomic mass is 9.96. The monoisotopic (exact) mass is 780 g/mol. The highest BCUT2D eigenvalue weighted by atomic mass is 16.3. The molecular weight excluding hydrogens is 749 g/mol. The number of furan rings is 2. The Kier molecular flexibility index (Phi) is 7.21. The van der Waals surface area contributed by atoms with Gasteiger partial charge < -0.3 is 8.83 Å². The molecule has 0 fully saturated rings. The fourth-order valence-electron chi connectivity index (χ4n) is 9.20. The van der Waals surface area contributed by atoms with E-state index in [2.05, 4.69) is 132 Å². The highest BCUT2D eigenvalue weighted by Gasteiger charge is 2.22. The van der Waals surface area contributed by atoms with Gasteiger partial charge in [0.05, 0.1) is 11.0 Å². The van der Waals surface area contributed by atoms with Crippen LogP contribution < -0.4 is 0 Å². The zero-order valence-electron chi connectivity index (χ0n) is 32.6. The van der Waals surface area contributed by atoms with Gasteiger partial charge in [-0.3, -0.25) is 4.57 Å². The molecule has 9 aromatic carbocycles. The average molecular weight is 781 g/mol. The van der Waals surface area contributed by atoms with Gasteiger partial charge in [-0.25, -0.2) is 4.98 Å². The van der Waals surface area contributed by atoms with Crippen molar-refractivity contribution in [1.82, 2.24) is 19.5 Å². The standard InChI is InChI=1S/C55H32N4O2/c1-2-13-33(14-3-1)53-56-54(38-27-28-43-41-19-6-8-25-48(41)60-50(43)32-38)58-55(57-53)59-47-31-35-16-5-4-15-34(35)30-46(47)44-23-11-21-39(51(44)59)36-17-10-18-37(29-36)40-22-12-24-45-42-20-7-9-26-49(42)61-52(40)45/h1-32H. The van der Waals surface area contributed by atoms with Crippen LogP contribution in [0.2, 0.25) is 0 Å². The first-order valence-electron chi connectivity index (χ1n) is 20.4. The molecule has 0 aliphatic heterocycles. The van der Waals surface area contributed by atoms with Crippen LogP contribution in [-0.2, 0) is 0 Å². The summed E-state index contributed by atoms with van der Waals surface area (Å²) >= 11 is 0. The van der Waals surface area contributed by atoms with E-state index in [-0.39, 0.29) is 0 Å². The van der Waals surface area contributed by atoms with Gasteiger partial charge in [-0.05, 0) is 64.4 Å². The molecular formula is C55H32N4O2. The maximum absolute atomic E-state index is 6.51. The summed E-state index contributed by atoms with van der Waals surface area (Å²) in [5, 5.41) is 8.87. The van der Waals surface area contributed by atoms with Crippen molar-refractivity contribution in [3.63, 3.8) is 0 Å². The van der Waals surface area contributed by atoms with Crippen LogP contribution in [0.1, 0.15) is 0 Å². The fraction of sp³-hybridized carbons (Fsp3) is 0. The third kappa shape index (κ3) is 5.26. The van der Waals surface area contributed by atoms with Crippen molar-refractivity contribution in [1.29, 1.82) is 0 Å². The number of nitrogens with zero attached hydrogens (tertiary/aromatic N) is 4. The Labute approximate surface area is 348 Å². The minimum absolute atomic E-state index is 0.527. The Morgan fingerprint density at radius 2 is 0.934 bits per heavy atom. The Hall–Kier alpha value is -8.35. The second-order valence-electron chi connectivity index (χ2n) is 15.6.